The lowest BCUT2D eigenvalue weighted by Gasteiger charge is -2.26. The molecular formula is C23H28O2. The second-order valence-electron chi connectivity index (χ2n) is 7.27. The van der Waals surface area contributed by atoms with E-state index < -0.39 is 0 Å². The van der Waals surface area contributed by atoms with Crippen molar-refractivity contribution in [1.82, 2.24) is 0 Å². The normalized spacial score (nSPS) is 16.2. The van der Waals surface area contributed by atoms with Crippen LogP contribution in [0.5, 0.6) is 0 Å². The molecule has 1 atom stereocenters. The van der Waals surface area contributed by atoms with Gasteiger partial charge in [0.1, 0.15) is 6.10 Å². The highest BCUT2D eigenvalue weighted by molar-refractivity contribution is 5.98. The molecule has 0 saturated carbocycles. The lowest BCUT2D eigenvalue weighted by atomic mass is 9.84. The maximum absolute atomic E-state index is 12.2. The van der Waals surface area contributed by atoms with E-state index in [9.17, 15) is 4.79 Å². The molecule has 0 bridgehead atoms. The third kappa shape index (κ3) is 3.78. The lowest BCUT2D eigenvalue weighted by molar-refractivity contribution is -0.150. The number of unbranched alkanes of at least 4 members (excludes halogenated alkanes) is 3. The summed E-state index contributed by atoms with van der Waals surface area (Å²) < 4.78 is 5.84. The highest BCUT2D eigenvalue weighted by Crippen LogP contribution is 2.41. The van der Waals surface area contributed by atoms with Gasteiger partial charge in [0.15, 0.2) is 0 Å². The van der Waals surface area contributed by atoms with Crippen LogP contribution in [0.1, 0.15) is 70.1 Å². The minimum absolute atomic E-state index is 0.113. The molecule has 2 aromatic rings. The Labute approximate surface area is 150 Å². The van der Waals surface area contributed by atoms with Gasteiger partial charge in [-0.1, -0.05) is 76.4 Å². The molecule has 1 aliphatic carbocycles. The van der Waals surface area contributed by atoms with Crippen LogP contribution in [0, 0.1) is 5.92 Å². The molecule has 2 aromatic carbocycles. The van der Waals surface area contributed by atoms with Crippen molar-refractivity contribution < 1.29 is 9.53 Å². The zero-order chi connectivity index (χ0) is 17.8. The predicted molar refractivity (Wildman–Crippen MR) is 104 cm³/mol. The molecule has 0 aromatic heterocycles. The first-order chi connectivity index (χ1) is 12.1. The molecule has 0 saturated heterocycles. The Balaban J connectivity index is 1.97. The molecule has 25 heavy (non-hydrogen) atoms. The third-order valence-corrected chi connectivity index (χ3v) is 4.96. The van der Waals surface area contributed by atoms with Crippen molar-refractivity contribution >= 4 is 22.3 Å². The number of allylic oxidation sites excluding steroid dienone is 1. The van der Waals surface area contributed by atoms with Gasteiger partial charge < -0.3 is 4.74 Å². The summed E-state index contributed by atoms with van der Waals surface area (Å²) in [6, 6.07) is 12.8. The molecule has 1 aliphatic rings. The maximum Gasteiger partial charge on any atom is 0.309 e. The lowest BCUT2D eigenvalue weighted by Crippen LogP contribution is -2.17. The van der Waals surface area contributed by atoms with Crippen molar-refractivity contribution in [2.24, 2.45) is 5.92 Å². The fourth-order valence-corrected chi connectivity index (χ4v) is 3.56. The van der Waals surface area contributed by atoms with Crippen LogP contribution in [0.2, 0.25) is 0 Å². The van der Waals surface area contributed by atoms with Crippen molar-refractivity contribution in [1.29, 1.82) is 0 Å². The smallest absolute Gasteiger partial charge is 0.309 e. The minimum Gasteiger partial charge on any atom is -0.453 e. The van der Waals surface area contributed by atoms with E-state index >= 15 is 0 Å². The average molecular weight is 336 g/mol. The van der Waals surface area contributed by atoms with Crippen LogP contribution in [-0.4, -0.2) is 5.97 Å². The molecule has 2 nitrogen and oxygen atoms in total. The molecule has 0 radical (unpaired) electrons. The number of hydrogen-bond acceptors (Lipinski definition) is 2. The second kappa shape index (κ2) is 7.86. The van der Waals surface area contributed by atoms with Gasteiger partial charge in [0.25, 0.3) is 0 Å². The summed E-state index contributed by atoms with van der Waals surface area (Å²) in [4.78, 5) is 12.2. The number of esters is 1. The van der Waals surface area contributed by atoms with Gasteiger partial charge in [-0.3, -0.25) is 4.79 Å². The van der Waals surface area contributed by atoms with Crippen molar-refractivity contribution in [3.8, 4) is 0 Å². The van der Waals surface area contributed by atoms with Crippen LogP contribution >= 0.6 is 0 Å². The van der Waals surface area contributed by atoms with Gasteiger partial charge in [-0.25, -0.2) is 0 Å². The number of benzene rings is 2. The maximum atomic E-state index is 12.2. The molecule has 0 fully saturated rings. The second-order valence-corrected chi connectivity index (χ2v) is 7.27. The Bertz CT molecular complexity index is 781. The summed E-state index contributed by atoms with van der Waals surface area (Å²) in [5, 5.41) is 2.47. The summed E-state index contributed by atoms with van der Waals surface area (Å²) in [7, 11) is 0. The summed E-state index contributed by atoms with van der Waals surface area (Å²) >= 11 is 0. The zero-order valence-corrected chi connectivity index (χ0v) is 15.5. The Morgan fingerprint density at radius 3 is 2.56 bits per heavy atom. The van der Waals surface area contributed by atoms with Gasteiger partial charge in [-0.15, -0.1) is 0 Å². The van der Waals surface area contributed by atoms with Crippen LogP contribution < -0.4 is 0 Å². The molecule has 0 N–H and O–H groups in total. The largest absolute Gasteiger partial charge is 0.453 e. The van der Waals surface area contributed by atoms with E-state index in [-0.39, 0.29) is 18.0 Å². The van der Waals surface area contributed by atoms with Crippen LogP contribution in [0.3, 0.4) is 0 Å². The molecule has 1 unspecified atom stereocenters. The number of carbonyl (C=O) groups excluding carboxylic acids is 1. The molecule has 0 heterocycles. The number of rotatable bonds is 7. The van der Waals surface area contributed by atoms with Crippen molar-refractivity contribution in [2.45, 2.75) is 59.0 Å². The van der Waals surface area contributed by atoms with E-state index in [4.69, 9.17) is 4.74 Å². The van der Waals surface area contributed by atoms with Crippen molar-refractivity contribution in [2.75, 3.05) is 0 Å². The average Bonchev–Trinajstić information content (AvgIpc) is 2.62. The van der Waals surface area contributed by atoms with Crippen LogP contribution in [0.4, 0.5) is 0 Å². The fourth-order valence-electron chi connectivity index (χ4n) is 3.56. The van der Waals surface area contributed by atoms with E-state index in [1.54, 1.807) is 0 Å². The highest BCUT2D eigenvalue weighted by Gasteiger charge is 2.25. The highest BCUT2D eigenvalue weighted by atomic mass is 16.5. The predicted octanol–water partition coefficient (Wildman–Crippen LogP) is 6.45. The first kappa shape index (κ1) is 17.7. The summed E-state index contributed by atoms with van der Waals surface area (Å²) in [6.45, 7) is 6.00. The standard InChI is InChI=1S/C23H28O2/c1-4-5-6-7-10-18-15-21(25-23(24)16(2)3)20-14-9-12-17-11-8-13-19(18)22(17)20/h8-9,11-16,21H,4-7,10H2,1-3H3. The molecule has 132 valence electrons. The van der Waals surface area contributed by atoms with Gasteiger partial charge in [-0.05, 0) is 40.8 Å². The van der Waals surface area contributed by atoms with Crippen LogP contribution in [-0.2, 0) is 9.53 Å². The minimum atomic E-state index is -0.269. The first-order valence-electron chi connectivity index (χ1n) is 9.55. The first-order valence-corrected chi connectivity index (χ1v) is 9.55. The summed E-state index contributed by atoms with van der Waals surface area (Å²) in [6.07, 6.45) is 7.90. The SMILES string of the molecule is CCCCCCC1=CC(OC(=O)C(C)C)c2cccc3cccc1c23. The van der Waals surface area contributed by atoms with Crippen molar-refractivity contribution in [3.63, 3.8) is 0 Å². The molecule has 3 rings (SSSR count). The van der Waals surface area contributed by atoms with Gasteiger partial charge in [0, 0.05) is 5.56 Å². The fraction of sp³-hybridized carbons (Fsp3) is 0.435. The van der Waals surface area contributed by atoms with Crippen molar-refractivity contribution in [3.05, 3.63) is 53.6 Å². The van der Waals surface area contributed by atoms with E-state index in [1.807, 2.05) is 13.8 Å². The van der Waals surface area contributed by atoms with Gasteiger partial charge in [0.05, 0.1) is 5.92 Å². The van der Waals surface area contributed by atoms with Crippen LogP contribution in [0.25, 0.3) is 16.3 Å². The summed E-state index contributed by atoms with van der Waals surface area (Å²) in [5.74, 6) is -0.249. The molecule has 2 heteroatoms. The van der Waals surface area contributed by atoms with Gasteiger partial charge in [0.2, 0.25) is 0 Å². The van der Waals surface area contributed by atoms with E-state index in [0.29, 0.717) is 0 Å². The summed E-state index contributed by atoms with van der Waals surface area (Å²) in [5.41, 5.74) is 3.74. The molecule has 0 aliphatic heterocycles. The Morgan fingerprint density at radius 2 is 1.84 bits per heavy atom. The van der Waals surface area contributed by atoms with E-state index in [0.717, 1.165) is 12.0 Å². The molecule has 0 spiro atoms. The topological polar surface area (TPSA) is 26.3 Å². The van der Waals surface area contributed by atoms with Crippen LogP contribution in [0.15, 0.2) is 42.5 Å². The Hall–Kier alpha value is -2.09. The van der Waals surface area contributed by atoms with E-state index in [2.05, 4.69) is 49.4 Å². The van der Waals surface area contributed by atoms with Gasteiger partial charge >= 0.3 is 5.97 Å². The monoisotopic (exact) mass is 336 g/mol. The number of hydrogen-bond donors (Lipinski definition) is 0. The van der Waals surface area contributed by atoms with E-state index in [1.165, 1.54) is 47.6 Å². The Morgan fingerprint density at radius 1 is 1.08 bits per heavy atom. The number of carbonyl (C=O) groups is 1. The third-order valence-electron chi connectivity index (χ3n) is 4.96. The molecular weight excluding hydrogens is 308 g/mol. The number of ether oxygens (including phenoxy) is 1. The quantitative estimate of drug-likeness (QED) is 0.429. The van der Waals surface area contributed by atoms with Gasteiger partial charge in [-0.2, -0.15) is 0 Å². The Kier molecular flexibility index (Phi) is 5.57. The zero-order valence-electron chi connectivity index (χ0n) is 15.5. The molecule has 0 amide bonds.